The topological polar surface area (TPSA) is 95.7 Å². The summed E-state index contributed by atoms with van der Waals surface area (Å²) in [5.74, 6) is 0.320. The van der Waals surface area contributed by atoms with Crippen LogP contribution in [0.1, 0.15) is 48.1 Å². The van der Waals surface area contributed by atoms with Crippen LogP contribution in [0.2, 0.25) is 0 Å². The molecule has 0 aliphatic heterocycles. The number of ether oxygens (including phenoxy) is 2. The van der Waals surface area contributed by atoms with Gasteiger partial charge in [0.15, 0.2) is 7.98 Å². The zero-order valence-corrected chi connectivity index (χ0v) is 23.7. The molecule has 1 heterocycles. The summed E-state index contributed by atoms with van der Waals surface area (Å²) >= 11 is 0. The van der Waals surface area contributed by atoms with Crippen LogP contribution in [0.5, 0.6) is 5.75 Å². The molecular weight excluding hydrogens is 522 g/mol. The first kappa shape index (κ1) is 29.7. The molecule has 4 rings (SSSR count). The molecule has 0 saturated carbocycles. The molecule has 0 aliphatic rings. The molecule has 4 aromatic rings. The number of aryl methyl sites for hydroxylation is 1. The SMILES string of the molecule is [B]N(C)Cc1cc(NC(=O)OC[C@H](C)c2ccc(C(C)Nc3ccc4cc[nH]c(=O)c4c3)cc2C)ccc1OCF. The molecule has 0 spiro atoms. The van der Waals surface area contributed by atoms with Gasteiger partial charge in [0.05, 0.1) is 6.61 Å². The average molecular weight is 556 g/mol. The van der Waals surface area contributed by atoms with Crippen LogP contribution >= 0.6 is 0 Å². The van der Waals surface area contributed by atoms with E-state index in [2.05, 4.69) is 40.7 Å². The monoisotopic (exact) mass is 556 g/mol. The van der Waals surface area contributed by atoms with Crippen LogP contribution in [0.25, 0.3) is 10.8 Å². The zero-order valence-electron chi connectivity index (χ0n) is 23.7. The fourth-order valence-electron chi connectivity index (χ4n) is 4.82. The Hall–Kier alpha value is -4.31. The molecular formula is C31H34BFN4O4. The van der Waals surface area contributed by atoms with E-state index in [9.17, 15) is 14.0 Å². The van der Waals surface area contributed by atoms with Gasteiger partial charge < -0.3 is 24.6 Å². The number of hydrogen-bond acceptors (Lipinski definition) is 6. The highest BCUT2D eigenvalue weighted by Gasteiger charge is 2.15. The number of anilines is 2. The Morgan fingerprint density at radius 3 is 2.59 bits per heavy atom. The molecule has 2 atom stereocenters. The highest BCUT2D eigenvalue weighted by atomic mass is 19.1. The standard InChI is InChI=1S/C31H34BFN4O4/c1-19-13-23(21(3)35-26-7-5-22-11-12-34-30(38)28(22)15-26)6-9-27(19)20(2)17-40-31(39)36-25-8-10-29(41-18-33)24(14-25)16-37(4)32/h5-15,20-21,35H,16-18H2,1-4H3,(H,34,38)(H,36,39)/t20-,21?/m0/s1. The van der Waals surface area contributed by atoms with Gasteiger partial charge in [0.1, 0.15) is 5.75 Å². The molecule has 8 nitrogen and oxygen atoms in total. The Labute approximate surface area is 240 Å². The number of aromatic nitrogens is 1. The number of H-pyrrole nitrogens is 1. The van der Waals surface area contributed by atoms with E-state index >= 15 is 0 Å². The van der Waals surface area contributed by atoms with Crippen LogP contribution in [-0.2, 0) is 11.3 Å². The normalized spacial score (nSPS) is 12.6. The van der Waals surface area contributed by atoms with E-state index in [0.717, 1.165) is 27.8 Å². The summed E-state index contributed by atoms with van der Waals surface area (Å²) in [6, 6.07) is 18.7. The molecule has 212 valence electrons. The number of benzene rings is 3. The zero-order chi connectivity index (χ0) is 29.5. The molecule has 1 amide bonds. The van der Waals surface area contributed by atoms with E-state index < -0.39 is 13.0 Å². The quantitative estimate of drug-likeness (QED) is 0.191. The fraction of sp³-hybridized carbons (Fsp3) is 0.290. The number of hydrogen-bond donors (Lipinski definition) is 3. The molecule has 10 heteroatoms. The Morgan fingerprint density at radius 2 is 1.85 bits per heavy atom. The molecule has 3 aromatic carbocycles. The second-order valence-electron chi connectivity index (χ2n) is 10.2. The Kier molecular flexibility index (Phi) is 9.67. The maximum Gasteiger partial charge on any atom is 0.411 e. The van der Waals surface area contributed by atoms with Crippen molar-refractivity contribution < 1.29 is 18.7 Å². The second-order valence-corrected chi connectivity index (χ2v) is 10.2. The van der Waals surface area contributed by atoms with Crippen molar-refractivity contribution in [3.8, 4) is 5.75 Å². The van der Waals surface area contributed by atoms with Crippen LogP contribution in [-0.4, -0.2) is 44.4 Å². The number of rotatable bonds is 11. The van der Waals surface area contributed by atoms with Gasteiger partial charge in [-0.3, -0.25) is 10.1 Å². The lowest BCUT2D eigenvalue weighted by molar-refractivity contribution is 0.155. The number of carbonyl (C=O) groups excluding carboxylic acids is 1. The van der Waals surface area contributed by atoms with Crippen LogP contribution in [0.4, 0.5) is 20.6 Å². The average Bonchev–Trinajstić information content (AvgIpc) is 2.93. The van der Waals surface area contributed by atoms with Gasteiger partial charge >= 0.3 is 6.09 Å². The number of nitrogens with zero attached hydrogens (tertiary/aromatic N) is 1. The Balaban J connectivity index is 1.35. The smallest absolute Gasteiger partial charge is 0.411 e. The molecule has 41 heavy (non-hydrogen) atoms. The second kappa shape index (κ2) is 13.4. The summed E-state index contributed by atoms with van der Waals surface area (Å²) in [6.07, 6.45) is 1.05. The molecule has 0 aliphatic carbocycles. The molecule has 0 saturated heterocycles. The van der Waals surface area contributed by atoms with Gasteiger partial charge in [-0.25, -0.2) is 9.18 Å². The van der Waals surface area contributed by atoms with Gasteiger partial charge in [-0.1, -0.05) is 31.2 Å². The lowest BCUT2D eigenvalue weighted by atomic mass is 9.93. The largest absolute Gasteiger partial charge is 0.463 e. The number of carbonyl (C=O) groups is 1. The van der Waals surface area contributed by atoms with Gasteiger partial charge in [-0.05, 0) is 79.4 Å². The van der Waals surface area contributed by atoms with Crippen molar-refractivity contribution in [2.24, 2.45) is 0 Å². The van der Waals surface area contributed by atoms with Crippen molar-refractivity contribution in [2.75, 3.05) is 31.1 Å². The molecule has 1 aromatic heterocycles. The third kappa shape index (κ3) is 7.67. The molecule has 0 fully saturated rings. The van der Waals surface area contributed by atoms with Gasteiger partial charge in [0.2, 0.25) is 6.86 Å². The van der Waals surface area contributed by atoms with Crippen molar-refractivity contribution in [1.82, 2.24) is 9.79 Å². The lowest BCUT2D eigenvalue weighted by Gasteiger charge is -2.20. The van der Waals surface area contributed by atoms with E-state index in [1.54, 1.807) is 31.4 Å². The number of alkyl halides is 1. The Bertz CT molecular complexity index is 1580. The van der Waals surface area contributed by atoms with Crippen LogP contribution in [0.15, 0.2) is 71.7 Å². The minimum atomic E-state index is -0.962. The fourth-order valence-corrected chi connectivity index (χ4v) is 4.82. The summed E-state index contributed by atoms with van der Waals surface area (Å²) in [7, 11) is 7.41. The van der Waals surface area contributed by atoms with E-state index in [1.807, 2.05) is 38.1 Å². The van der Waals surface area contributed by atoms with Crippen molar-refractivity contribution >= 4 is 36.2 Å². The number of aromatic amines is 1. The Morgan fingerprint density at radius 1 is 1.07 bits per heavy atom. The van der Waals surface area contributed by atoms with Crippen LogP contribution in [0.3, 0.4) is 0 Å². The van der Waals surface area contributed by atoms with Gasteiger partial charge in [0.25, 0.3) is 5.56 Å². The van der Waals surface area contributed by atoms with Gasteiger partial charge in [-0.2, -0.15) is 0 Å². The maximum atomic E-state index is 12.7. The number of fused-ring (bicyclic) bond motifs is 1. The first-order valence-corrected chi connectivity index (χ1v) is 13.3. The highest BCUT2D eigenvalue weighted by Crippen LogP contribution is 2.27. The van der Waals surface area contributed by atoms with Crippen molar-refractivity contribution in [1.29, 1.82) is 0 Å². The third-order valence-corrected chi connectivity index (χ3v) is 6.88. The molecule has 0 bridgehead atoms. The minimum absolute atomic E-state index is 0.00553. The van der Waals surface area contributed by atoms with E-state index in [-0.39, 0.29) is 24.1 Å². The summed E-state index contributed by atoms with van der Waals surface area (Å²) in [5, 5.41) is 7.71. The molecule has 2 radical (unpaired) electrons. The van der Waals surface area contributed by atoms with E-state index in [0.29, 0.717) is 28.9 Å². The number of pyridine rings is 1. The molecule has 3 N–H and O–H groups in total. The van der Waals surface area contributed by atoms with E-state index in [1.165, 1.54) is 4.81 Å². The summed E-state index contributed by atoms with van der Waals surface area (Å²) in [4.78, 5) is 28.8. The van der Waals surface area contributed by atoms with Crippen LogP contribution in [0, 0.1) is 6.92 Å². The predicted octanol–water partition coefficient (Wildman–Crippen LogP) is 6.18. The minimum Gasteiger partial charge on any atom is -0.463 e. The summed E-state index contributed by atoms with van der Waals surface area (Å²) < 4.78 is 23.2. The third-order valence-electron chi connectivity index (χ3n) is 6.88. The molecule has 1 unspecified atom stereocenters. The van der Waals surface area contributed by atoms with E-state index in [4.69, 9.17) is 17.5 Å². The van der Waals surface area contributed by atoms with Crippen molar-refractivity contribution in [3.63, 3.8) is 0 Å². The predicted molar refractivity (Wildman–Crippen MR) is 161 cm³/mol. The van der Waals surface area contributed by atoms with Crippen molar-refractivity contribution in [2.45, 2.75) is 39.3 Å². The van der Waals surface area contributed by atoms with Crippen molar-refractivity contribution in [3.05, 3.63) is 99.5 Å². The summed E-state index contributed by atoms with van der Waals surface area (Å²) in [5.41, 5.74) is 5.13. The first-order chi connectivity index (χ1) is 19.6. The summed E-state index contributed by atoms with van der Waals surface area (Å²) in [6.45, 7) is 5.64. The number of halogens is 1. The maximum absolute atomic E-state index is 12.7. The number of nitrogens with one attached hydrogen (secondary N) is 3. The van der Waals surface area contributed by atoms with Gasteiger partial charge in [-0.15, -0.1) is 0 Å². The van der Waals surface area contributed by atoms with Crippen LogP contribution < -0.4 is 20.9 Å². The van der Waals surface area contributed by atoms with Gasteiger partial charge in [0, 0.05) is 47.0 Å². The lowest BCUT2D eigenvalue weighted by Crippen LogP contribution is -2.18. The number of amides is 1. The first-order valence-electron chi connectivity index (χ1n) is 13.3. The highest BCUT2D eigenvalue weighted by molar-refractivity contribution is 6.04.